The molecule has 5 amide bonds. The first-order valence-electron chi connectivity index (χ1n) is 13.3. The van der Waals surface area contributed by atoms with E-state index in [2.05, 4.69) is 16.0 Å². The van der Waals surface area contributed by atoms with Crippen LogP contribution in [0.5, 0.6) is 5.75 Å². The average molecular weight is 572 g/mol. The van der Waals surface area contributed by atoms with Gasteiger partial charge < -0.3 is 25.8 Å². The zero-order valence-electron chi connectivity index (χ0n) is 22.3. The minimum atomic E-state index is -1.29. The van der Waals surface area contributed by atoms with Gasteiger partial charge in [-0.3, -0.25) is 19.4 Å². The van der Waals surface area contributed by atoms with E-state index in [-0.39, 0.29) is 25.4 Å². The van der Waals surface area contributed by atoms with E-state index < -0.39 is 36.1 Å². The number of benzene rings is 2. The van der Waals surface area contributed by atoms with Gasteiger partial charge in [-0.15, -0.1) is 0 Å². The van der Waals surface area contributed by atoms with E-state index in [1.165, 1.54) is 16.9 Å². The summed E-state index contributed by atoms with van der Waals surface area (Å²) < 4.78 is 5.16. The van der Waals surface area contributed by atoms with E-state index in [1.807, 2.05) is 0 Å². The molecule has 4 N–H and O–H groups in total. The van der Waals surface area contributed by atoms with Gasteiger partial charge in [-0.05, 0) is 61.2 Å². The number of aliphatic carboxylic acids is 1. The highest BCUT2D eigenvalue weighted by atomic mass is 35.5. The van der Waals surface area contributed by atoms with Gasteiger partial charge in [0.15, 0.2) is 6.17 Å². The first-order chi connectivity index (χ1) is 19.2. The highest BCUT2D eigenvalue weighted by Gasteiger charge is 2.44. The molecule has 2 aliphatic rings. The number of halogens is 1. The Labute approximate surface area is 237 Å². The molecule has 0 bridgehead atoms. The summed E-state index contributed by atoms with van der Waals surface area (Å²) in [4.78, 5) is 54.6. The molecule has 1 aliphatic carbocycles. The van der Waals surface area contributed by atoms with E-state index in [4.69, 9.17) is 16.3 Å². The van der Waals surface area contributed by atoms with Crippen molar-refractivity contribution in [2.24, 2.45) is 5.92 Å². The number of hydrogen-bond donors (Lipinski definition) is 4. The molecular weight excluding hydrogens is 538 g/mol. The summed E-state index contributed by atoms with van der Waals surface area (Å²) in [5, 5.41) is 18.4. The number of carboxylic acid groups (broad SMARTS) is 1. The second-order valence-electron chi connectivity index (χ2n) is 9.97. The number of ether oxygens (including phenoxy) is 1. The SMILES string of the molecule is COc1ccc(NC(=O)N2CCN(C(=O)Nc3cccc(Cl)c3)C2C(=O)NC(CC(=O)O)C2CCCCC2)cc1. The Bertz CT molecular complexity index is 1220. The summed E-state index contributed by atoms with van der Waals surface area (Å²) in [6.07, 6.45) is 3.08. The molecule has 2 aromatic rings. The van der Waals surface area contributed by atoms with Crippen LogP contribution in [0.3, 0.4) is 0 Å². The van der Waals surface area contributed by atoms with Crippen molar-refractivity contribution in [2.45, 2.75) is 50.7 Å². The van der Waals surface area contributed by atoms with Gasteiger partial charge in [0, 0.05) is 35.5 Å². The lowest BCUT2D eigenvalue weighted by Crippen LogP contribution is -2.58. The molecule has 0 spiro atoms. The average Bonchev–Trinajstić information content (AvgIpc) is 3.39. The topological polar surface area (TPSA) is 140 Å². The first kappa shape index (κ1) is 29.0. The molecule has 0 radical (unpaired) electrons. The molecule has 1 heterocycles. The standard InChI is InChI=1S/C28H34ClN5O6/c1-40-22-12-10-20(11-13-22)30-27(38)33-14-15-34(28(39)31-21-9-5-8-19(29)16-21)26(33)25(37)32-23(17-24(35)36)18-6-3-2-4-7-18/h5,8-13,16,18,23,26H,2-4,6-7,14-15,17H2,1H3,(H,30,38)(H,31,39)(H,32,37)(H,35,36). The van der Waals surface area contributed by atoms with Crippen molar-refractivity contribution < 1.29 is 29.0 Å². The Morgan fingerprint density at radius 2 is 1.57 bits per heavy atom. The van der Waals surface area contributed by atoms with E-state index in [0.717, 1.165) is 32.1 Å². The minimum absolute atomic E-state index is 0.00511. The fraction of sp³-hybridized carbons (Fsp3) is 0.429. The minimum Gasteiger partial charge on any atom is -0.497 e. The maximum Gasteiger partial charge on any atom is 0.323 e. The van der Waals surface area contributed by atoms with Crippen molar-refractivity contribution in [3.8, 4) is 5.75 Å². The number of carbonyl (C=O) groups excluding carboxylic acids is 3. The van der Waals surface area contributed by atoms with Crippen LogP contribution in [0.2, 0.25) is 5.02 Å². The summed E-state index contributed by atoms with van der Waals surface area (Å²) in [6.45, 7) is 0.184. The van der Waals surface area contributed by atoms with Crippen molar-refractivity contribution in [3.63, 3.8) is 0 Å². The Morgan fingerprint density at radius 1 is 0.950 bits per heavy atom. The highest BCUT2D eigenvalue weighted by molar-refractivity contribution is 6.30. The predicted molar refractivity (Wildman–Crippen MR) is 150 cm³/mol. The molecule has 214 valence electrons. The molecule has 2 unspecified atom stereocenters. The fourth-order valence-corrected chi connectivity index (χ4v) is 5.48. The molecule has 2 atom stereocenters. The second kappa shape index (κ2) is 13.4. The van der Waals surface area contributed by atoms with E-state index in [0.29, 0.717) is 22.1 Å². The Balaban J connectivity index is 1.56. The highest BCUT2D eigenvalue weighted by Crippen LogP contribution is 2.29. The maximum absolute atomic E-state index is 13.8. The summed E-state index contributed by atoms with van der Waals surface area (Å²) in [6, 6.07) is 11.5. The van der Waals surface area contributed by atoms with Crippen LogP contribution in [0.1, 0.15) is 38.5 Å². The molecule has 40 heavy (non-hydrogen) atoms. The third kappa shape index (κ3) is 7.35. The summed E-state index contributed by atoms with van der Waals surface area (Å²) in [5.41, 5.74) is 0.918. The zero-order valence-corrected chi connectivity index (χ0v) is 23.0. The van der Waals surface area contributed by atoms with Gasteiger partial charge in [0.05, 0.1) is 13.5 Å². The number of hydrogen-bond acceptors (Lipinski definition) is 5. The number of anilines is 2. The summed E-state index contributed by atoms with van der Waals surface area (Å²) in [7, 11) is 1.54. The maximum atomic E-state index is 13.8. The number of amides is 5. The Hall–Kier alpha value is -3.99. The fourth-order valence-electron chi connectivity index (χ4n) is 5.29. The zero-order chi connectivity index (χ0) is 28.6. The molecule has 1 aliphatic heterocycles. The molecule has 1 saturated carbocycles. The monoisotopic (exact) mass is 571 g/mol. The van der Waals surface area contributed by atoms with Gasteiger partial charge in [0.2, 0.25) is 0 Å². The van der Waals surface area contributed by atoms with Crippen LogP contribution in [-0.2, 0) is 9.59 Å². The molecule has 12 heteroatoms. The summed E-state index contributed by atoms with van der Waals surface area (Å²) >= 11 is 6.05. The third-order valence-electron chi connectivity index (χ3n) is 7.29. The largest absolute Gasteiger partial charge is 0.497 e. The molecular formula is C28H34ClN5O6. The van der Waals surface area contributed by atoms with Crippen LogP contribution < -0.4 is 20.7 Å². The number of methoxy groups -OCH3 is 1. The lowest BCUT2D eigenvalue weighted by atomic mass is 9.82. The Kier molecular flexibility index (Phi) is 9.70. The second-order valence-corrected chi connectivity index (χ2v) is 10.4. The first-order valence-corrected chi connectivity index (χ1v) is 13.7. The number of urea groups is 2. The van der Waals surface area contributed by atoms with Crippen molar-refractivity contribution in [1.29, 1.82) is 0 Å². The van der Waals surface area contributed by atoms with Crippen LogP contribution in [0.4, 0.5) is 21.0 Å². The molecule has 0 aromatic heterocycles. The normalized spacial score (nSPS) is 18.1. The lowest BCUT2D eigenvalue weighted by molar-refractivity contribution is -0.138. The van der Waals surface area contributed by atoms with E-state index >= 15 is 0 Å². The van der Waals surface area contributed by atoms with Crippen molar-refractivity contribution in [1.82, 2.24) is 15.1 Å². The van der Waals surface area contributed by atoms with Crippen molar-refractivity contribution in [2.75, 3.05) is 30.8 Å². The van der Waals surface area contributed by atoms with Crippen LogP contribution in [0.25, 0.3) is 0 Å². The van der Waals surface area contributed by atoms with E-state index in [9.17, 15) is 24.3 Å². The smallest absolute Gasteiger partial charge is 0.323 e. The van der Waals surface area contributed by atoms with Crippen molar-refractivity contribution >= 4 is 46.9 Å². The molecule has 1 saturated heterocycles. The quantitative estimate of drug-likeness (QED) is 0.365. The van der Waals surface area contributed by atoms with Crippen LogP contribution in [-0.4, -0.2) is 71.3 Å². The number of rotatable bonds is 8. The third-order valence-corrected chi connectivity index (χ3v) is 7.52. The van der Waals surface area contributed by atoms with Gasteiger partial charge in [0.1, 0.15) is 5.75 Å². The predicted octanol–water partition coefficient (Wildman–Crippen LogP) is 4.60. The van der Waals surface area contributed by atoms with E-state index in [1.54, 1.807) is 48.5 Å². The molecule has 4 rings (SSSR count). The van der Waals surface area contributed by atoms with Crippen LogP contribution >= 0.6 is 11.6 Å². The van der Waals surface area contributed by atoms with Gasteiger partial charge in [-0.25, -0.2) is 9.59 Å². The number of carbonyl (C=O) groups is 4. The van der Waals surface area contributed by atoms with Crippen LogP contribution in [0, 0.1) is 5.92 Å². The van der Waals surface area contributed by atoms with Crippen LogP contribution in [0.15, 0.2) is 48.5 Å². The van der Waals surface area contributed by atoms with Gasteiger partial charge in [-0.2, -0.15) is 0 Å². The molecule has 11 nitrogen and oxygen atoms in total. The molecule has 2 aromatic carbocycles. The van der Waals surface area contributed by atoms with Gasteiger partial charge >= 0.3 is 18.0 Å². The van der Waals surface area contributed by atoms with Crippen molar-refractivity contribution in [3.05, 3.63) is 53.6 Å². The number of nitrogens with one attached hydrogen (secondary N) is 3. The number of nitrogens with zero attached hydrogens (tertiary/aromatic N) is 2. The molecule has 2 fully saturated rings. The number of carboxylic acids is 1. The lowest BCUT2D eigenvalue weighted by Gasteiger charge is -2.34. The van der Waals surface area contributed by atoms with Gasteiger partial charge in [0.25, 0.3) is 5.91 Å². The Morgan fingerprint density at radius 3 is 2.15 bits per heavy atom. The van der Waals surface area contributed by atoms with Gasteiger partial charge in [-0.1, -0.05) is 36.9 Å². The summed E-state index contributed by atoms with van der Waals surface area (Å²) in [5.74, 6) is -1.01.